The van der Waals surface area contributed by atoms with Gasteiger partial charge in [0.25, 0.3) is 5.91 Å². The Morgan fingerprint density at radius 2 is 1.77 bits per heavy atom. The third kappa shape index (κ3) is 4.64. The van der Waals surface area contributed by atoms with Crippen molar-refractivity contribution in [2.75, 3.05) is 11.9 Å². The van der Waals surface area contributed by atoms with Gasteiger partial charge in [-0.1, -0.05) is 59.6 Å². The van der Waals surface area contributed by atoms with E-state index in [-0.39, 0.29) is 17.6 Å². The van der Waals surface area contributed by atoms with Gasteiger partial charge in [-0.3, -0.25) is 10.1 Å². The molecule has 3 aromatic carbocycles. The van der Waals surface area contributed by atoms with Gasteiger partial charge in [0.15, 0.2) is 11.7 Å². The number of nitrogens with one attached hydrogen (secondary N) is 2. The lowest BCUT2D eigenvalue weighted by Gasteiger charge is -2.12. The van der Waals surface area contributed by atoms with E-state index in [9.17, 15) is 4.79 Å². The molecule has 132 valence electrons. The van der Waals surface area contributed by atoms with Gasteiger partial charge >= 0.3 is 0 Å². The van der Waals surface area contributed by atoms with Gasteiger partial charge in [-0.05, 0) is 41.9 Å². The molecule has 1 amide bonds. The Balaban J connectivity index is 1.56. The molecule has 7 heteroatoms. The summed E-state index contributed by atoms with van der Waals surface area (Å²) in [6.45, 7) is -0.156. The molecule has 0 atom stereocenters. The topological polar surface area (TPSA) is 50.4 Å². The van der Waals surface area contributed by atoms with Crippen molar-refractivity contribution in [3.63, 3.8) is 0 Å². The van der Waals surface area contributed by atoms with E-state index < -0.39 is 0 Å². The summed E-state index contributed by atoms with van der Waals surface area (Å²) >= 11 is 16.9. The number of ether oxygens (including phenoxy) is 1. The van der Waals surface area contributed by atoms with Crippen molar-refractivity contribution < 1.29 is 9.53 Å². The fraction of sp³-hybridized carbons (Fsp3) is 0.0526. The van der Waals surface area contributed by atoms with Crippen LogP contribution in [0.25, 0.3) is 10.8 Å². The average molecular weight is 405 g/mol. The van der Waals surface area contributed by atoms with Gasteiger partial charge in [0, 0.05) is 11.1 Å². The number of anilines is 1. The maximum Gasteiger partial charge on any atom is 0.264 e. The number of hydrogen-bond acceptors (Lipinski definition) is 3. The van der Waals surface area contributed by atoms with Crippen LogP contribution < -0.4 is 15.4 Å². The fourth-order valence-corrected chi connectivity index (χ4v) is 2.89. The van der Waals surface area contributed by atoms with Crippen LogP contribution in [0.4, 0.5) is 5.69 Å². The number of thiocarbonyl (C=S) groups is 1. The Hall–Kier alpha value is -2.34. The number of hydrogen-bond donors (Lipinski definition) is 2. The van der Waals surface area contributed by atoms with E-state index in [1.807, 2.05) is 42.5 Å². The van der Waals surface area contributed by atoms with Gasteiger partial charge in [0.05, 0.1) is 10.0 Å². The highest BCUT2D eigenvalue weighted by Crippen LogP contribution is 2.26. The van der Waals surface area contributed by atoms with Gasteiger partial charge in [-0.15, -0.1) is 0 Å². The number of carbonyl (C=O) groups is 1. The van der Waals surface area contributed by atoms with Crippen molar-refractivity contribution in [3.8, 4) is 5.75 Å². The normalized spacial score (nSPS) is 10.4. The van der Waals surface area contributed by atoms with Crippen LogP contribution in [0.1, 0.15) is 0 Å². The summed E-state index contributed by atoms with van der Waals surface area (Å²) in [6.07, 6.45) is 0. The van der Waals surface area contributed by atoms with Crippen LogP contribution in [-0.4, -0.2) is 17.6 Å². The zero-order valence-corrected chi connectivity index (χ0v) is 15.8. The van der Waals surface area contributed by atoms with Crippen LogP contribution in [0.2, 0.25) is 10.0 Å². The Morgan fingerprint density at radius 1 is 1.00 bits per heavy atom. The fourth-order valence-electron chi connectivity index (χ4n) is 2.36. The zero-order chi connectivity index (χ0) is 18.5. The standard InChI is InChI=1S/C19H14Cl2N2O2S/c20-15-9-8-13(10-16(15)21)22-19(26)23-18(24)11-25-17-7-3-5-12-4-1-2-6-14(12)17/h1-10H,11H2,(H2,22,23,24,26). The monoisotopic (exact) mass is 404 g/mol. The molecule has 26 heavy (non-hydrogen) atoms. The Bertz CT molecular complexity index is 973. The Labute approximate surface area is 166 Å². The molecule has 0 radical (unpaired) electrons. The molecule has 2 N–H and O–H groups in total. The first-order chi connectivity index (χ1) is 12.5. The van der Waals surface area contributed by atoms with Crippen molar-refractivity contribution in [2.24, 2.45) is 0 Å². The molecule has 0 saturated carbocycles. The summed E-state index contributed by atoms with van der Waals surface area (Å²) in [5.74, 6) is 0.275. The minimum absolute atomic E-state index is 0.148. The van der Waals surface area contributed by atoms with Crippen LogP contribution >= 0.6 is 35.4 Å². The predicted molar refractivity (Wildman–Crippen MR) is 110 cm³/mol. The largest absolute Gasteiger partial charge is 0.483 e. The van der Waals surface area contributed by atoms with Crippen LogP contribution in [0, 0.1) is 0 Å². The van der Waals surface area contributed by atoms with E-state index in [0.717, 1.165) is 10.8 Å². The van der Waals surface area contributed by atoms with E-state index in [4.69, 9.17) is 40.2 Å². The maximum atomic E-state index is 12.1. The molecule has 0 aliphatic carbocycles. The van der Waals surface area contributed by atoms with E-state index in [1.54, 1.807) is 18.2 Å². The van der Waals surface area contributed by atoms with Gasteiger partial charge in [0.1, 0.15) is 5.75 Å². The highest BCUT2D eigenvalue weighted by atomic mass is 35.5. The summed E-state index contributed by atoms with van der Waals surface area (Å²) in [4.78, 5) is 12.1. The first-order valence-electron chi connectivity index (χ1n) is 7.69. The lowest BCUT2D eigenvalue weighted by atomic mass is 10.1. The van der Waals surface area contributed by atoms with Crippen LogP contribution in [0.5, 0.6) is 5.75 Å². The summed E-state index contributed by atoms with van der Waals surface area (Å²) in [5, 5.41) is 8.40. The molecule has 0 saturated heterocycles. The van der Waals surface area contributed by atoms with E-state index in [0.29, 0.717) is 21.5 Å². The minimum atomic E-state index is -0.365. The summed E-state index contributed by atoms with van der Waals surface area (Å²) in [7, 11) is 0. The quantitative estimate of drug-likeness (QED) is 0.598. The van der Waals surface area contributed by atoms with Gasteiger partial charge < -0.3 is 10.1 Å². The van der Waals surface area contributed by atoms with Crippen LogP contribution in [0.15, 0.2) is 60.7 Å². The molecule has 0 heterocycles. The summed E-state index contributed by atoms with van der Waals surface area (Å²) in [5.41, 5.74) is 0.625. The van der Waals surface area contributed by atoms with Gasteiger partial charge in [0.2, 0.25) is 0 Å². The third-order valence-electron chi connectivity index (χ3n) is 3.54. The van der Waals surface area contributed by atoms with Gasteiger partial charge in [-0.25, -0.2) is 0 Å². The zero-order valence-electron chi connectivity index (χ0n) is 13.5. The predicted octanol–water partition coefficient (Wildman–Crippen LogP) is 5.04. The second-order valence-electron chi connectivity index (χ2n) is 5.40. The average Bonchev–Trinajstić information content (AvgIpc) is 2.63. The first kappa shape index (κ1) is 18.5. The minimum Gasteiger partial charge on any atom is -0.483 e. The molecule has 0 fully saturated rings. The second-order valence-corrected chi connectivity index (χ2v) is 6.62. The second kappa shape index (κ2) is 8.36. The number of amides is 1. The maximum absolute atomic E-state index is 12.1. The van der Waals surface area contributed by atoms with E-state index in [2.05, 4.69) is 10.6 Å². The lowest BCUT2D eigenvalue weighted by molar-refractivity contribution is -0.121. The van der Waals surface area contributed by atoms with Crippen LogP contribution in [0.3, 0.4) is 0 Å². The number of rotatable bonds is 4. The molecule has 0 spiro atoms. The smallest absolute Gasteiger partial charge is 0.264 e. The number of carbonyl (C=O) groups excluding carboxylic acids is 1. The SMILES string of the molecule is O=C(COc1cccc2ccccc12)NC(=S)Nc1ccc(Cl)c(Cl)c1. The molecule has 0 bridgehead atoms. The summed E-state index contributed by atoms with van der Waals surface area (Å²) < 4.78 is 5.63. The number of fused-ring (bicyclic) bond motifs is 1. The first-order valence-corrected chi connectivity index (χ1v) is 8.86. The van der Waals surface area contributed by atoms with E-state index >= 15 is 0 Å². The van der Waals surface area contributed by atoms with Gasteiger partial charge in [-0.2, -0.15) is 0 Å². The molecular formula is C19H14Cl2N2O2S. The molecule has 0 aliphatic rings. The van der Waals surface area contributed by atoms with Crippen molar-refractivity contribution in [1.29, 1.82) is 0 Å². The summed E-state index contributed by atoms with van der Waals surface area (Å²) in [6, 6.07) is 18.5. The van der Waals surface area contributed by atoms with E-state index in [1.165, 1.54) is 0 Å². The van der Waals surface area contributed by atoms with Crippen molar-refractivity contribution >= 4 is 62.9 Å². The van der Waals surface area contributed by atoms with Crippen molar-refractivity contribution in [1.82, 2.24) is 5.32 Å². The highest BCUT2D eigenvalue weighted by Gasteiger charge is 2.08. The molecule has 3 aromatic rings. The Morgan fingerprint density at radius 3 is 2.58 bits per heavy atom. The highest BCUT2D eigenvalue weighted by molar-refractivity contribution is 7.80. The number of benzene rings is 3. The third-order valence-corrected chi connectivity index (χ3v) is 4.48. The van der Waals surface area contributed by atoms with Crippen molar-refractivity contribution in [3.05, 3.63) is 70.7 Å². The molecule has 0 aliphatic heterocycles. The molecule has 4 nitrogen and oxygen atoms in total. The molecule has 0 unspecified atom stereocenters. The Kier molecular flexibility index (Phi) is 5.93. The molecule has 3 rings (SSSR count). The molecular weight excluding hydrogens is 391 g/mol. The number of halogens is 2. The lowest BCUT2D eigenvalue weighted by Crippen LogP contribution is -2.37. The van der Waals surface area contributed by atoms with Crippen LogP contribution in [-0.2, 0) is 4.79 Å². The molecule has 0 aromatic heterocycles. The van der Waals surface area contributed by atoms with Crippen molar-refractivity contribution in [2.45, 2.75) is 0 Å².